The van der Waals surface area contributed by atoms with Crippen LogP contribution in [0, 0.1) is 0 Å². The Balaban J connectivity index is 0.00000280. The Hall–Kier alpha value is -2.38. The first-order valence-electron chi connectivity index (χ1n) is 8.94. The number of likely N-dealkylation sites (tertiary alicyclic amines) is 1. The molecule has 0 aromatic heterocycles. The first kappa shape index (κ1) is 21.9. The summed E-state index contributed by atoms with van der Waals surface area (Å²) in [7, 11) is 1.94. The quantitative estimate of drug-likeness (QED) is 0.745. The summed E-state index contributed by atoms with van der Waals surface area (Å²) in [6.07, 6.45) is 1.87. The van der Waals surface area contributed by atoms with Crippen LogP contribution in [0.25, 0.3) is 0 Å². The van der Waals surface area contributed by atoms with E-state index in [2.05, 4.69) is 15.4 Å². The third-order valence-corrected chi connectivity index (χ3v) is 4.71. The number of amides is 1. The molecule has 0 atom stereocenters. The first-order chi connectivity index (χ1) is 13.1. The zero-order valence-electron chi connectivity index (χ0n) is 15.5. The first-order valence-corrected chi connectivity index (χ1v) is 8.94. The molecule has 0 radical (unpaired) electrons. The van der Waals surface area contributed by atoms with Crippen molar-refractivity contribution in [2.75, 3.05) is 25.5 Å². The van der Waals surface area contributed by atoms with Gasteiger partial charge in [0.1, 0.15) is 5.75 Å². The van der Waals surface area contributed by atoms with Crippen molar-refractivity contribution in [3.05, 3.63) is 54.1 Å². The molecule has 8 heteroatoms. The molecule has 2 N–H and O–H groups in total. The number of alkyl halides is 2. The molecule has 0 unspecified atom stereocenters. The van der Waals surface area contributed by atoms with Gasteiger partial charge in [-0.15, -0.1) is 12.4 Å². The van der Waals surface area contributed by atoms with Crippen LogP contribution in [-0.2, 0) is 0 Å². The highest BCUT2D eigenvalue weighted by atomic mass is 35.5. The van der Waals surface area contributed by atoms with Crippen LogP contribution in [0.15, 0.2) is 48.5 Å². The van der Waals surface area contributed by atoms with Gasteiger partial charge in [-0.2, -0.15) is 8.78 Å². The molecule has 0 saturated carbocycles. The van der Waals surface area contributed by atoms with Gasteiger partial charge in [-0.3, -0.25) is 4.79 Å². The van der Waals surface area contributed by atoms with Gasteiger partial charge in [0.25, 0.3) is 5.91 Å². The topological polar surface area (TPSA) is 53.6 Å². The summed E-state index contributed by atoms with van der Waals surface area (Å²) in [6, 6.07) is 14.0. The summed E-state index contributed by atoms with van der Waals surface area (Å²) in [6.45, 7) is -1.41. The Labute approximate surface area is 169 Å². The Morgan fingerprint density at radius 3 is 2.36 bits per heavy atom. The molecule has 1 aliphatic heterocycles. The maximum Gasteiger partial charge on any atom is 0.387 e. The maximum absolute atomic E-state index is 12.9. The summed E-state index contributed by atoms with van der Waals surface area (Å²) >= 11 is 0. The fourth-order valence-corrected chi connectivity index (χ4v) is 3.20. The second-order valence-corrected chi connectivity index (χ2v) is 6.43. The lowest BCUT2D eigenvalue weighted by Crippen LogP contribution is -2.44. The third kappa shape index (κ3) is 5.56. The van der Waals surface area contributed by atoms with Crippen LogP contribution in [0.3, 0.4) is 0 Å². The monoisotopic (exact) mass is 411 g/mol. The number of halogens is 3. The number of hydrogen-bond donors (Lipinski definition) is 2. The number of piperidine rings is 1. The number of hydrogen-bond acceptors (Lipinski definition) is 4. The van der Waals surface area contributed by atoms with Crippen LogP contribution in [0.5, 0.6) is 5.75 Å². The van der Waals surface area contributed by atoms with Crippen molar-refractivity contribution in [3.8, 4) is 5.75 Å². The summed E-state index contributed by atoms with van der Waals surface area (Å²) in [5.41, 5.74) is 1.96. The van der Waals surface area contributed by atoms with Crippen molar-refractivity contribution in [1.29, 1.82) is 0 Å². The smallest absolute Gasteiger partial charge is 0.387 e. The number of para-hydroxylation sites is 1. The van der Waals surface area contributed by atoms with Gasteiger partial charge in [0.2, 0.25) is 0 Å². The number of benzene rings is 2. The number of carbonyl (C=O) groups is 1. The second-order valence-electron chi connectivity index (χ2n) is 6.43. The van der Waals surface area contributed by atoms with E-state index in [0.717, 1.165) is 25.9 Å². The number of nitrogens with one attached hydrogen (secondary N) is 2. The average Bonchev–Trinajstić information content (AvgIpc) is 2.69. The third-order valence-electron chi connectivity index (χ3n) is 4.71. The van der Waals surface area contributed by atoms with Gasteiger partial charge in [-0.05, 0) is 56.3 Å². The highest BCUT2D eigenvalue weighted by Gasteiger charge is 2.24. The molecule has 152 valence electrons. The van der Waals surface area contributed by atoms with Crippen LogP contribution in [0.2, 0.25) is 0 Å². The second kappa shape index (κ2) is 10.2. The Morgan fingerprint density at radius 1 is 1.11 bits per heavy atom. The lowest BCUT2D eigenvalue weighted by Gasteiger charge is -2.32. The number of carbonyl (C=O) groups excluding carboxylic acids is 1. The summed E-state index contributed by atoms with van der Waals surface area (Å²) < 4.78 is 28.9. The zero-order valence-corrected chi connectivity index (χ0v) is 16.3. The number of anilines is 2. The standard InChI is InChI=1S/C20H23F2N3O2.ClH/c1-23-14-10-12-25(13-11-14)19(26)17-4-2-3-5-18(17)24-15-6-8-16(9-7-15)27-20(21)22;/h2-9,14,20,23-24H,10-13H2,1H3;1H. The molecule has 1 fully saturated rings. The van der Waals surface area contributed by atoms with Gasteiger partial charge in [0, 0.05) is 24.8 Å². The number of ether oxygens (including phenoxy) is 1. The average molecular weight is 412 g/mol. The molecular formula is C20H24ClF2N3O2. The number of nitrogens with zero attached hydrogens (tertiary/aromatic N) is 1. The number of rotatable bonds is 6. The summed E-state index contributed by atoms with van der Waals surface area (Å²) in [5.74, 6) is 0.0811. The van der Waals surface area contributed by atoms with Crippen LogP contribution >= 0.6 is 12.4 Å². The van der Waals surface area contributed by atoms with Gasteiger partial charge < -0.3 is 20.3 Å². The fraction of sp³-hybridized carbons (Fsp3) is 0.350. The summed E-state index contributed by atoms with van der Waals surface area (Å²) in [4.78, 5) is 14.8. The van der Waals surface area contributed by atoms with E-state index >= 15 is 0 Å². The summed E-state index contributed by atoms with van der Waals surface area (Å²) in [5, 5.41) is 6.45. The molecule has 0 spiro atoms. The van der Waals surface area contributed by atoms with Crippen LogP contribution in [0.4, 0.5) is 20.2 Å². The van der Waals surface area contributed by atoms with E-state index in [0.29, 0.717) is 23.0 Å². The van der Waals surface area contributed by atoms with Gasteiger partial charge in [0.15, 0.2) is 0 Å². The molecule has 2 aromatic rings. The maximum atomic E-state index is 12.9. The highest BCUT2D eigenvalue weighted by molar-refractivity contribution is 6.00. The molecule has 0 aliphatic carbocycles. The predicted molar refractivity (Wildman–Crippen MR) is 108 cm³/mol. The van der Waals surface area contributed by atoms with Gasteiger partial charge >= 0.3 is 6.61 Å². The molecule has 5 nitrogen and oxygen atoms in total. The van der Waals surface area contributed by atoms with E-state index < -0.39 is 6.61 Å². The lowest BCUT2D eigenvalue weighted by atomic mass is 10.0. The molecular weight excluding hydrogens is 388 g/mol. The van der Waals surface area contributed by atoms with Gasteiger partial charge in [-0.25, -0.2) is 0 Å². The lowest BCUT2D eigenvalue weighted by molar-refractivity contribution is -0.0498. The minimum atomic E-state index is -2.85. The van der Waals surface area contributed by atoms with Crippen molar-refractivity contribution in [3.63, 3.8) is 0 Å². The Bertz CT molecular complexity index is 766. The zero-order chi connectivity index (χ0) is 19.2. The molecule has 0 bridgehead atoms. The molecule has 1 heterocycles. The molecule has 1 amide bonds. The molecule has 28 heavy (non-hydrogen) atoms. The Morgan fingerprint density at radius 2 is 1.75 bits per heavy atom. The Kier molecular flexibility index (Phi) is 8.02. The highest BCUT2D eigenvalue weighted by Crippen LogP contribution is 2.25. The fourth-order valence-electron chi connectivity index (χ4n) is 3.20. The largest absolute Gasteiger partial charge is 0.435 e. The van der Waals surface area contributed by atoms with Crippen molar-refractivity contribution in [2.24, 2.45) is 0 Å². The van der Waals surface area contributed by atoms with E-state index in [9.17, 15) is 13.6 Å². The van der Waals surface area contributed by atoms with Crippen molar-refractivity contribution < 1.29 is 18.3 Å². The molecule has 3 rings (SSSR count). The molecule has 1 aliphatic rings. The van der Waals surface area contributed by atoms with E-state index in [1.807, 2.05) is 30.1 Å². The minimum Gasteiger partial charge on any atom is -0.435 e. The minimum absolute atomic E-state index is 0. The van der Waals surface area contributed by atoms with Gasteiger partial charge in [0.05, 0.1) is 11.3 Å². The van der Waals surface area contributed by atoms with Crippen molar-refractivity contribution >= 4 is 29.7 Å². The van der Waals surface area contributed by atoms with Gasteiger partial charge in [-0.1, -0.05) is 12.1 Å². The normalized spacial score (nSPS) is 14.5. The molecule has 2 aromatic carbocycles. The van der Waals surface area contributed by atoms with Crippen molar-refractivity contribution in [2.45, 2.75) is 25.5 Å². The SMILES string of the molecule is CNC1CCN(C(=O)c2ccccc2Nc2ccc(OC(F)F)cc2)CC1.Cl. The van der Waals surface area contributed by atoms with E-state index in [-0.39, 0.29) is 24.1 Å². The van der Waals surface area contributed by atoms with E-state index in [1.54, 1.807) is 18.2 Å². The van der Waals surface area contributed by atoms with Crippen LogP contribution in [-0.4, -0.2) is 43.6 Å². The predicted octanol–water partition coefficient (Wildman–Crippen LogP) is 4.28. The van der Waals surface area contributed by atoms with Crippen molar-refractivity contribution in [1.82, 2.24) is 10.2 Å². The van der Waals surface area contributed by atoms with Crippen LogP contribution in [0.1, 0.15) is 23.2 Å². The van der Waals surface area contributed by atoms with E-state index in [1.165, 1.54) is 12.1 Å². The van der Waals surface area contributed by atoms with Crippen LogP contribution < -0.4 is 15.4 Å². The van der Waals surface area contributed by atoms with E-state index in [4.69, 9.17) is 0 Å². The molecule has 1 saturated heterocycles.